The number of hydrogen-bond acceptors (Lipinski definition) is 26. The van der Waals surface area contributed by atoms with Gasteiger partial charge in [0, 0.05) is 129 Å². The second-order valence-corrected chi connectivity index (χ2v) is 42.9. The lowest BCUT2D eigenvalue weighted by molar-refractivity contribution is -0.123. The predicted molar refractivity (Wildman–Crippen MR) is 497 cm³/mol. The standard InChI is InChI=1S/C19H22FN5O3S.2C17H20FN5O2S.C16H18ClN5O2S.C16H16FN5O3S/c1-21-16-8-14-17(9-15(16)20)25(13-5-6-13)19(26)23-18(14)24-7-3-4-12(11-24)10-22-29(2,27)28;1-11(22-26(3,24)25)12-5-4-6-23(9-12)17-13-7-16(19-2)14(18)8-15(13)20-10-21-17;1-11-21-15-8-14(18)16(19-2)7-13(15)17(22-11)23-6-4-5-12(10-23)9-20-26(3,24)25;1-18-15-6-12-14(7-13(15)17)19-10-20-16(12)22-5-3-4-11(9-22)8-21-25(2,23)24;1-18-14-6-11-13(7-12(14)17)19-9-20-15(11)22-5-3-4-10(8-22)16(23)21-26(2,24)25/h8-9,12-13,22H,3-7,10-11H2,2H3;7-8,10-12,22H,4-6,9H2,1,3H3;7-8,12,20H,4-6,9-10H2,1,3H3;6-7,10-11,21H,3-5,8-9H2,2H3;6-7,9-10H,3-5,8H2,2H3,(H,21,23). The van der Waals surface area contributed by atoms with E-state index in [1.165, 1.54) is 78.3 Å². The zero-order chi connectivity index (χ0) is 95.5. The van der Waals surface area contributed by atoms with Crippen LogP contribution < -0.4 is 53.8 Å². The first-order chi connectivity index (χ1) is 62.5. The zero-order valence-electron chi connectivity index (χ0n) is 73.0. The number of carbonyl (C=O) groups excluding carboxylic acids is 1. The number of fused-ring (bicyclic) bond motifs is 5. The molecule has 1 saturated carbocycles. The molecule has 16 rings (SSSR count). The number of aromatic nitrogens is 10. The van der Waals surface area contributed by atoms with Crippen LogP contribution in [0.25, 0.3) is 78.7 Å². The van der Waals surface area contributed by atoms with Crippen molar-refractivity contribution in [2.45, 2.75) is 103 Å². The number of nitrogens with zero attached hydrogens (tertiary/aromatic N) is 20. The molecule has 37 nitrogen and oxygen atoms in total. The summed E-state index contributed by atoms with van der Waals surface area (Å²) in [6.45, 7) is 46.9. The van der Waals surface area contributed by atoms with Gasteiger partial charge in [0.2, 0.25) is 84.5 Å². The number of benzene rings is 5. The van der Waals surface area contributed by atoms with E-state index in [9.17, 15) is 69.2 Å². The number of rotatable bonds is 20. The summed E-state index contributed by atoms with van der Waals surface area (Å²) in [5.74, 6) is 0.558. The van der Waals surface area contributed by atoms with E-state index in [1.54, 1.807) is 19.1 Å². The van der Waals surface area contributed by atoms with Crippen LogP contribution in [0.2, 0.25) is 5.02 Å². The molecule has 6 unspecified atom stereocenters. The number of sulfonamides is 5. The Morgan fingerprint density at radius 1 is 0.432 bits per heavy atom. The molecule has 1 aliphatic carbocycles. The van der Waals surface area contributed by atoms with Crippen molar-refractivity contribution in [2.24, 2.45) is 29.6 Å². The fourth-order valence-corrected chi connectivity index (χ4v) is 20.0. The molecule has 0 radical (unpaired) electrons. The van der Waals surface area contributed by atoms with E-state index in [2.05, 4.69) is 103 Å². The lowest BCUT2D eigenvalue weighted by Crippen LogP contribution is -2.46. The van der Waals surface area contributed by atoms with Gasteiger partial charge in [0.05, 0.1) is 97.6 Å². The molecule has 10 aromatic rings. The van der Waals surface area contributed by atoms with Gasteiger partial charge in [-0.1, -0.05) is 11.6 Å². The van der Waals surface area contributed by atoms with Gasteiger partial charge in [0.25, 0.3) is 0 Å². The van der Waals surface area contributed by atoms with E-state index in [-0.39, 0.29) is 65.0 Å². The van der Waals surface area contributed by atoms with Gasteiger partial charge in [0.1, 0.15) is 77.2 Å². The molecule has 6 atom stereocenters. The minimum atomic E-state index is -3.62. The molecule has 0 spiro atoms. The predicted octanol–water partition coefficient (Wildman–Crippen LogP) is 11.3. The van der Waals surface area contributed by atoms with E-state index < -0.39 is 90.9 Å². The molecule has 5 saturated heterocycles. The third kappa shape index (κ3) is 26.1. The van der Waals surface area contributed by atoms with Crippen molar-refractivity contribution in [1.29, 1.82) is 0 Å². The minimum Gasteiger partial charge on any atom is -0.356 e. The molecule has 132 heavy (non-hydrogen) atoms. The second kappa shape index (κ2) is 42.3. The molecule has 5 aliphatic heterocycles. The molecule has 5 N–H and O–H groups in total. The van der Waals surface area contributed by atoms with Gasteiger partial charge < -0.3 is 24.5 Å². The number of nitrogens with one attached hydrogen (secondary N) is 5. The van der Waals surface area contributed by atoms with E-state index in [1.807, 2.05) is 21.4 Å². The van der Waals surface area contributed by atoms with Gasteiger partial charge in [-0.05, 0) is 175 Å². The highest BCUT2D eigenvalue weighted by Gasteiger charge is 2.35. The van der Waals surface area contributed by atoms with Gasteiger partial charge in [0.15, 0.2) is 0 Å². The van der Waals surface area contributed by atoms with Crippen molar-refractivity contribution in [3.63, 3.8) is 0 Å². The Balaban J connectivity index is 0.000000149. The van der Waals surface area contributed by atoms with Crippen molar-refractivity contribution in [3.05, 3.63) is 181 Å². The summed E-state index contributed by atoms with van der Waals surface area (Å²) in [5, 5.41) is 3.53. The van der Waals surface area contributed by atoms with Crippen LogP contribution in [0.3, 0.4) is 0 Å². The van der Waals surface area contributed by atoms with Crippen LogP contribution in [0.15, 0.2) is 84.4 Å². The summed E-state index contributed by atoms with van der Waals surface area (Å²) >= 11 is 6.10. The first-order valence-corrected chi connectivity index (χ1v) is 51.8. The van der Waals surface area contributed by atoms with Crippen LogP contribution in [0.1, 0.15) is 95.8 Å². The van der Waals surface area contributed by atoms with Gasteiger partial charge in [-0.3, -0.25) is 14.1 Å². The number of halogens is 5. The van der Waals surface area contributed by atoms with E-state index in [0.717, 1.165) is 120 Å². The van der Waals surface area contributed by atoms with Crippen LogP contribution >= 0.6 is 11.6 Å². The monoisotopic (exact) mass is 1930 g/mol. The lowest BCUT2D eigenvalue weighted by Gasteiger charge is -2.36. The molecule has 5 aromatic heterocycles. The Bertz CT molecular complexity index is 7010. The van der Waals surface area contributed by atoms with Crippen LogP contribution in [-0.2, 0) is 54.9 Å². The molecular weight excluding hydrogens is 1830 g/mol. The number of aryl methyl sites for hydroxylation is 1. The van der Waals surface area contributed by atoms with Crippen molar-refractivity contribution < 1.29 is 64.4 Å². The van der Waals surface area contributed by atoms with E-state index >= 15 is 0 Å². The fourth-order valence-electron chi connectivity index (χ4n) is 16.8. The average molecular weight is 1930 g/mol. The van der Waals surface area contributed by atoms with Crippen molar-refractivity contribution >= 4 is 180 Å². The third-order valence-electron chi connectivity index (χ3n) is 23.0. The maximum atomic E-state index is 14.3. The van der Waals surface area contributed by atoms with Crippen LogP contribution in [0.4, 0.5) is 75.1 Å². The Kier molecular flexibility index (Phi) is 31.8. The highest BCUT2D eigenvalue weighted by atomic mass is 35.5. The number of piperidine rings is 5. The van der Waals surface area contributed by atoms with E-state index in [0.29, 0.717) is 161 Å². The highest BCUT2D eigenvalue weighted by molar-refractivity contribution is 7.89. The molecule has 5 aromatic carbocycles. The van der Waals surface area contributed by atoms with Gasteiger partial charge >= 0.3 is 5.69 Å². The Labute approximate surface area is 767 Å². The molecule has 698 valence electrons. The number of amides is 1. The van der Waals surface area contributed by atoms with Gasteiger partial charge in [-0.15, -0.1) is 0 Å². The largest absolute Gasteiger partial charge is 0.356 e. The summed E-state index contributed by atoms with van der Waals surface area (Å²) in [6, 6.07) is 14.0. The van der Waals surface area contributed by atoms with E-state index in [4.69, 9.17) is 44.5 Å². The highest BCUT2D eigenvalue weighted by Crippen LogP contribution is 2.42. The van der Waals surface area contributed by atoms with Crippen molar-refractivity contribution in [2.75, 3.05) is 141 Å². The van der Waals surface area contributed by atoms with Crippen LogP contribution in [0.5, 0.6) is 0 Å². The summed E-state index contributed by atoms with van der Waals surface area (Å²) in [5.41, 5.74) is 2.04. The number of hydrogen-bond donors (Lipinski definition) is 5. The van der Waals surface area contributed by atoms with Crippen LogP contribution in [0, 0.1) is 92.6 Å². The second-order valence-electron chi connectivity index (χ2n) is 33.4. The molecule has 6 aliphatic rings. The van der Waals surface area contributed by atoms with Gasteiger partial charge in [-0.2, -0.15) is 4.98 Å². The molecule has 10 heterocycles. The Morgan fingerprint density at radius 3 is 1.21 bits per heavy atom. The van der Waals surface area contributed by atoms with Crippen molar-refractivity contribution in [1.82, 2.24) is 73.0 Å². The third-order valence-corrected chi connectivity index (χ3v) is 26.7. The summed E-state index contributed by atoms with van der Waals surface area (Å²) < 4.78 is 184. The lowest BCUT2D eigenvalue weighted by atomic mass is 9.92. The van der Waals surface area contributed by atoms with Gasteiger partial charge in [-0.25, -0.2) is 147 Å². The number of carbonyl (C=O) groups is 1. The SMILES string of the molecule is [C-]#[N+]c1cc2c(N3CCCC(C(=O)NS(C)(=O)=O)C3)ncnc2cc1F.[C-]#[N+]c1cc2c(N3CCCC(C(C)NS(C)(=O)=O)C3)ncnc2cc1F.[C-]#[N+]c1cc2c(N3CCCC(CNS(C)(=O)=O)C3)nc(=O)n(C3CC3)c2cc1F.[C-]#[N+]c1cc2c(N3CCCC(CNS(C)(=O)=O)C3)nc(C)nc2cc1F.[C-]#[N+]c1cc2c(N3CCCC(CNS(C)(=O)=O)C3)ncnc2cc1Cl. The molecular formula is C85H96ClF4N25O12S5. The zero-order valence-corrected chi connectivity index (χ0v) is 77.8. The maximum Gasteiger partial charge on any atom is 0.350 e. The quantitative estimate of drug-likeness (QED) is 0.0349. The number of anilines is 5. The molecule has 6 fully saturated rings. The minimum absolute atomic E-state index is 0.0257. The molecule has 0 bridgehead atoms. The van der Waals surface area contributed by atoms with Crippen LogP contribution in [-0.4, -0.2) is 220 Å². The normalized spacial score (nSPS) is 18.7. The first kappa shape index (κ1) is 99.1. The summed E-state index contributed by atoms with van der Waals surface area (Å²) in [7, 11) is -16.6. The fraction of sp³-hybridized carbons (Fsp3) is 0.459. The van der Waals surface area contributed by atoms with Crippen molar-refractivity contribution in [3.8, 4) is 0 Å². The Morgan fingerprint density at radius 2 is 0.795 bits per heavy atom. The average Bonchev–Trinajstić information content (AvgIpc) is 1.71. The topological polar surface area (TPSA) is 424 Å². The molecule has 1 amide bonds. The first-order valence-electron chi connectivity index (χ1n) is 42.0. The maximum absolute atomic E-state index is 14.3. The molecule has 47 heteroatoms. The summed E-state index contributed by atoms with van der Waals surface area (Å²) in [6.07, 6.45) is 19.8. The smallest absolute Gasteiger partial charge is 0.350 e. The Hall–Kier alpha value is -11.9. The summed E-state index contributed by atoms with van der Waals surface area (Å²) in [4.78, 5) is 89.7.